The number of carboxylic acid groups (broad SMARTS) is 2. The van der Waals surface area contributed by atoms with Gasteiger partial charge in [0.05, 0.1) is 6.42 Å². The van der Waals surface area contributed by atoms with Crippen LogP contribution in [0, 0.1) is 0 Å². The quantitative estimate of drug-likeness (QED) is 0.540. The standard InChI is InChI=1S/2C4H6O2.C2H4/c1-3(2)4(5)6;1-2-3-4(5)6;1-2/h1H2,2H3,(H,5,6);2H,1,3H2,(H,5,6);1-2H2. The minimum absolute atomic E-state index is 0.0556. The highest BCUT2D eigenvalue weighted by Gasteiger charge is 1.90. The number of hydrogen-bond acceptors (Lipinski definition) is 2. The fourth-order valence-corrected chi connectivity index (χ4v) is 0.123. The molecule has 0 heterocycles. The van der Waals surface area contributed by atoms with Gasteiger partial charge in [-0.15, -0.1) is 19.7 Å². The van der Waals surface area contributed by atoms with Crippen LogP contribution < -0.4 is 0 Å². The summed E-state index contributed by atoms with van der Waals surface area (Å²) < 4.78 is 0. The summed E-state index contributed by atoms with van der Waals surface area (Å²) in [6.45, 7) is 13.8. The minimum Gasteiger partial charge on any atom is -0.481 e. The molecule has 80 valence electrons. The Hall–Kier alpha value is -1.84. The first-order chi connectivity index (χ1) is 6.41. The summed E-state index contributed by atoms with van der Waals surface area (Å²) in [6, 6.07) is 0. The zero-order valence-electron chi connectivity index (χ0n) is 8.32. The number of carbonyl (C=O) groups is 2. The van der Waals surface area contributed by atoms with Crippen molar-refractivity contribution in [3.05, 3.63) is 38.0 Å². The van der Waals surface area contributed by atoms with Gasteiger partial charge in [-0.25, -0.2) is 4.79 Å². The molecule has 0 unspecified atom stereocenters. The maximum atomic E-state index is 9.60. The molecular weight excluding hydrogens is 184 g/mol. The van der Waals surface area contributed by atoms with Gasteiger partial charge in [0, 0.05) is 5.57 Å². The zero-order chi connectivity index (χ0) is 12.1. The molecule has 0 fully saturated rings. The fraction of sp³-hybridized carbons (Fsp3) is 0.200. The van der Waals surface area contributed by atoms with E-state index in [2.05, 4.69) is 26.3 Å². The minimum atomic E-state index is -0.935. The maximum Gasteiger partial charge on any atom is 0.330 e. The molecule has 0 aromatic rings. The van der Waals surface area contributed by atoms with Crippen molar-refractivity contribution < 1.29 is 19.8 Å². The lowest BCUT2D eigenvalue weighted by atomic mass is 10.4. The van der Waals surface area contributed by atoms with E-state index in [0.29, 0.717) is 0 Å². The van der Waals surface area contributed by atoms with Crippen molar-refractivity contribution in [1.82, 2.24) is 0 Å². The molecule has 4 nitrogen and oxygen atoms in total. The van der Waals surface area contributed by atoms with Crippen LogP contribution in [0.3, 0.4) is 0 Å². The lowest BCUT2D eigenvalue weighted by Crippen LogP contribution is -1.92. The van der Waals surface area contributed by atoms with Crippen molar-refractivity contribution in [2.45, 2.75) is 13.3 Å². The number of aliphatic carboxylic acids is 2. The second-order valence-corrected chi connectivity index (χ2v) is 1.97. The summed E-state index contributed by atoms with van der Waals surface area (Å²) in [5, 5.41) is 15.7. The molecule has 0 spiro atoms. The normalized spacial score (nSPS) is 6.64. The van der Waals surface area contributed by atoms with Gasteiger partial charge in [0.1, 0.15) is 0 Å². The topological polar surface area (TPSA) is 74.6 Å². The Kier molecular flexibility index (Phi) is 17.7. The summed E-state index contributed by atoms with van der Waals surface area (Å²) in [7, 11) is 0. The van der Waals surface area contributed by atoms with E-state index in [0.717, 1.165) is 0 Å². The Bertz CT molecular complexity index is 194. The van der Waals surface area contributed by atoms with Gasteiger partial charge in [0.15, 0.2) is 0 Å². The van der Waals surface area contributed by atoms with E-state index in [1.165, 1.54) is 13.0 Å². The summed E-state index contributed by atoms with van der Waals surface area (Å²) in [6.07, 6.45) is 1.41. The molecule has 0 aliphatic heterocycles. The van der Waals surface area contributed by atoms with Crippen molar-refractivity contribution in [2.24, 2.45) is 0 Å². The molecule has 0 amide bonds. The molecule has 0 saturated carbocycles. The van der Waals surface area contributed by atoms with Gasteiger partial charge in [0.25, 0.3) is 0 Å². The molecule has 14 heavy (non-hydrogen) atoms. The SMILES string of the molecule is C=C.C=C(C)C(=O)O.C=CCC(=O)O. The Morgan fingerprint density at radius 2 is 1.57 bits per heavy atom. The third-order valence-corrected chi connectivity index (χ3v) is 0.684. The maximum absolute atomic E-state index is 9.60. The van der Waals surface area contributed by atoms with Gasteiger partial charge in [-0.2, -0.15) is 0 Å². The molecule has 2 N–H and O–H groups in total. The predicted octanol–water partition coefficient (Wildman–Crippen LogP) is 2.10. The predicted molar refractivity (Wildman–Crippen MR) is 56.2 cm³/mol. The van der Waals surface area contributed by atoms with Gasteiger partial charge < -0.3 is 10.2 Å². The molecule has 0 aliphatic rings. The third-order valence-electron chi connectivity index (χ3n) is 0.684. The Morgan fingerprint density at radius 3 is 1.57 bits per heavy atom. The molecule has 0 bridgehead atoms. The molecule has 0 radical (unpaired) electrons. The lowest BCUT2D eigenvalue weighted by Gasteiger charge is -1.79. The highest BCUT2D eigenvalue weighted by atomic mass is 16.4. The monoisotopic (exact) mass is 200 g/mol. The van der Waals surface area contributed by atoms with Crippen molar-refractivity contribution in [2.75, 3.05) is 0 Å². The van der Waals surface area contributed by atoms with Crippen LogP contribution in [0.4, 0.5) is 0 Å². The average Bonchev–Trinajstić information content (AvgIpc) is 2.08. The van der Waals surface area contributed by atoms with Crippen molar-refractivity contribution in [3.63, 3.8) is 0 Å². The Morgan fingerprint density at radius 1 is 1.29 bits per heavy atom. The van der Waals surface area contributed by atoms with Crippen molar-refractivity contribution >= 4 is 11.9 Å². The van der Waals surface area contributed by atoms with Crippen LogP contribution in [0.25, 0.3) is 0 Å². The largest absolute Gasteiger partial charge is 0.481 e. The lowest BCUT2D eigenvalue weighted by molar-refractivity contribution is -0.136. The summed E-state index contributed by atoms with van der Waals surface area (Å²) in [4.78, 5) is 19.1. The molecule has 0 saturated heterocycles. The summed E-state index contributed by atoms with van der Waals surface area (Å²) in [5.41, 5.74) is 0.176. The summed E-state index contributed by atoms with van der Waals surface area (Å²) in [5.74, 6) is -1.76. The van der Waals surface area contributed by atoms with Crippen LogP contribution in [0.15, 0.2) is 38.0 Å². The van der Waals surface area contributed by atoms with Crippen molar-refractivity contribution in [3.8, 4) is 0 Å². The van der Waals surface area contributed by atoms with Crippen LogP contribution >= 0.6 is 0 Å². The molecular formula is C10H16O4. The van der Waals surface area contributed by atoms with Gasteiger partial charge in [-0.1, -0.05) is 12.7 Å². The fourth-order valence-electron chi connectivity index (χ4n) is 0.123. The first kappa shape index (κ1) is 18.0. The smallest absolute Gasteiger partial charge is 0.330 e. The molecule has 0 aromatic heterocycles. The first-order valence-corrected chi connectivity index (χ1v) is 3.63. The first-order valence-electron chi connectivity index (χ1n) is 3.63. The number of rotatable bonds is 3. The van der Waals surface area contributed by atoms with Gasteiger partial charge >= 0.3 is 11.9 Å². The van der Waals surface area contributed by atoms with Crippen LogP contribution in [0.2, 0.25) is 0 Å². The van der Waals surface area contributed by atoms with Crippen LogP contribution in [0.5, 0.6) is 0 Å². The Labute approximate surface area is 83.9 Å². The second kappa shape index (κ2) is 13.7. The average molecular weight is 200 g/mol. The molecule has 0 atom stereocenters. The Balaban J connectivity index is -0.000000147. The molecule has 0 rings (SSSR count). The highest BCUT2D eigenvalue weighted by Crippen LogP contribution is 1.81. The molecule has 4 heteroatoms. The second-order valence-electron chi connectivity index (χ2n) is 1.97. The number of carboxylic acids is 2. The van der Waals surface area contributed by atoms with Crippen molar-refractivity contribution in [1.29, 1.82) is 0 Å². The van der Waals surface area contributed by atoms with Gasteiger partial charge in [-0.3, -0.25) is 4.79 Å². The van der Waals surface area contributed by atoms with Crippen LogP contribution in [-0.2, 0) is 9.59 Å². The van der Waals surface area contributed by atoms with Crippen LogP contribution in [-0.4, -0.2) is 22.2 Å². The zero-order valence-corrected chi connectivity index (χ0v) is 8.32. The van der Waals surface area contributed by atoms with E-state index in [-0.39, 0.29) is 12.0 Å². The van der Waals surface area contributed by atoms with E-state index in [1.807, 2.05) is 0 Å². The molecule has 0 aromatic carbocycles. The highest BCUT2D eigenvalue weighted by molar-refractivity contribution is 5.84. The van der Waals surface area contributed by atoms with E-state index in [4.69, 9.17) is 10.2 Å². The van der Waals surface area contributed by atoms with E-state index in [1.54, 1.807) is 0 Å². The van der Waals surface area contributed by atoms with Gasteiger partial charge in [-0.05, 0) is 6.92 Å². The van der Waals surface area contributed by atoms with Crippen LogP contribution in [0.1, 0.15) is 13.3 Å². The van der Waals surface area contributed by atoms with E-state index < -0.39 is 11.9 Å². The van der Waals surface area contributed by atoms with E-state index in [9.17, 15) is 9.59 Å². The van der Waals surface area contributed by atoms with E-state index >= 15 is 0 Å². The third kappa shape index (κ3) is 32.0. The van der Waals surface area contributed by atoms with Gasteiger partial charge in [0.2, 0.25) is 0 Å². The summed E-state index contributed by atoms with van der Waals surface area (Å²) >= 11 is 0. The molecule has 0 aliphatic carbocycles. The number of hydrogen-bond donors (Lipinski definition) is 2.